The average Bonchev–Trinajstić information content (AvgIpc) is 2.45. The maximum Gasteiger partial charge on any atom is 0.125 e. The van der Waals surface area contributed by atoms with Crippen molar-refractivity contribution in [1.29, 1.82) is 0 Å². The van der Waals surface area contributed by atoms with Crippen molar-refractivity contribution in [2.45, 2.75) is 27.4 Å². The van der Waals surface area contributed by atoms with Gasteiger partial charge in [-0.15, -0.1) is 0 Å². The molecule has 0 saturated carbocycles. The zero-order chi connectivity index (χ0) is 14.7. The summed E-state index contributed by atoms with van der Waals surface area (Å²) in [4.78, 5) is 0. The Morgan fingerprint density at radius 1 is 1.00 bits per heavy atom. The molecule has 2 nitrogen and oxygen atoms in total. The highest BCUT2D eigenvalue weighted by Crippen LogP contribution is 2.28. The molecule has 20 heavy (non-hydrogen) atoms. The smallest absolute Gasteiger partial charge is 0.125 e. The van der Waals surface area contributed by atoms with Gasteiger partial charge in [-0.3, -0.25) is 0 Å². The first-order valence-corrected chi connectivity index (χ1v) is 7.34. The Kier molecular flexibility index (Phi) is 4.71. The van der Waals surface area contributed by atoms with Gasteiger partial charge in [0, 0.05) is 10.0 Å². The normalized spacial score (nSPS) is 10.4. The molecule has 0 spiro atoms. The Morgan fingerprint density at radius 3 is 2.40 bits per heavy atom. The van der Waals surface area contributed by atoms with Gasteiger partial charge in [-0.25, -0.2) is 0 Å². The van der Waals surface area contributed by atoms with E-state index in [1.165, 1.54) is 11.1 Å². The standard InChI is InChI=1S/C17H19BrO2/c1-11-5-6-12(2)17(13(11)3)20-10-14-9-15(19-4)7-8-16(14)18/h5-9H,10H2,1-4H3. The van der Waals surface area contributed by atoms with Gasteiger partial charge in [-0.2, -0.15) is 0 Å². The lowest BCUT2D eigenvalue weighted by Crippen LogP contribution is -2.01. The van der Waals surface area contributed by atoms with Gasteiger partial charge in [-0.05, 0) is 55.7 Å². The lowest BCUT2D eigenvalue weighted by atomic mass is 10.1. The number of hydrogen-bond donors (Lipinski definition) is 0. The largest absolute Gasteiger partial charge is 0.497 e. The van der Waals surface area contributed by atoms with Crippen LogP contribution in [-0.2, 0) is 6.61 Å². The molecule has 0 bridgehead atoms. The summed E-state index contributed by atoms with van der Waals surface area (Å²) in [6.45, 7) is 6.78. The van der Waals surface area contributed by atoms with Crippen molar-refractivity contribution < 1.29 is 9.47 Å². The highest BCUT2D eigenvalue weighted by Gasteiger charge is 2.08. The van der Waals surface area contributed by atoms with Crippen molar-refractivity contribution in [3.05, 3.63) is 57.1 Å². The van der Waals surface area contributed by atoms with Crippen LogP contribution in [0.4, 0.5) is 0 Å². The van der Waals surface area contributed by atoms with E-state index in [1.54, 1.807) is 7.11 Å². The monoisotopic (exact) mass is 334 g/mol. The molecule has 0 amide bonds. The second kappa shape index (κ2) is 6.31. The summed E-state index contributed by atoms with van der Waals surface area (Å²) in [6, 6.07) is 10.1. The van der Waals surface area contributed by atoms with Crippen LogP contribution in [0.15, 0.2) is 34.8 Å². The fraction of sp³-hybridized carbons (Fsp3) is 0.294. The van der Waals surface area contributed by atoms with Gasteiger partial charge in [0.15, 0.2) is 0 Å². The molecule has 2 rings (SSSR count). The quantitative estimate of drug-likeness (QED) is 0.786. The number of benzene rings is 2. The van der Waals surface area contributed by atoms with Crippen LogP contribution in [0.3, 0.4) is 0 Å². The fourth-order valence-corrected chi connectivity index (χ4v) is 2.45. The summed E-state index contributed by atoms with van der Waals surface area (Å²) in [6.07, 6.45) is 0. The molecule has 0 atom stereocenters. The zero-order valence-corrected chi connectivity index (χ0v) is 13.9. The van der Waals surface area contributed by atoms with Gasteiger partial charge in [0.25, 0.3) is 0 Å². The van der Waals surface area contributed by atoms with Crippen molar-refractivity contribution in [2.75, 3.05) is 7.11 Å². The third-order valence-electron chi connectivity index (χ3n) is 3.50. The van der Waals surface area contributed by atoms with E-state index in [9.17, 15) is 0 Å². The minimum Gasteiger partial charge on any atom is -0.497 e. The number of aryl methyl sites for hydroxylation is 2. The predicted molar refractivity (Wildman–Crippen MR) is 85.7 cm³/mol. The molecule has 2 aromatic rings. The van der Waals surface area contributed by atoms with Crippen molar-refractivity contribution in [3.63, 3.8) is 0 Å². The van der Waals surface area contributed by atoms with Crippen molar-refractivity contribution in [1.82, 2.24) is 0 Å². The number of rotatable bonds is 4. The zero-order valence-electron chi connectivity index (χ0n) is 12.3. The van der Waals surface area contributed by atoms with Crippen molar-refractivity contribution in [3.8, 4) is 11.5 Å². The third kappa shape index (κ3) is 3.15. The average molecular weight is 335 g/mol. The van der Waals surface area contributed by atoms with Crippen molar-refractivity contribution >= 4 is 15.9 Å². The Balaban J connectivity index is 2.23. The molecule has 0 unspecified atom stereocenters. The lowest BCUT2D eigenvalue weighted by molar-refractivity contribution is 0.300. The van der Waals surface area contributed by atoms with Crippen LogP contribution < -0.4 is 9.47 Å². The number of ether oxygens (including phenoxy) is 2. The van der Waals surface area contributed by atoms with Crippen LogP contribution in [0, 0.1) is 20.8 Å². The van der Waals surface area contributed by atoms with E-state index in [1.807, 2.05) is 18.2 Å². The molecule has 2 aromatic carbocycles. The SMILES string of the molecule is COc1ccc(Br)c(COc2c(C)ccc(C)c2C)c1. The van der Waals surface area contributed by atoms with Crippen LogP contribution in [0.5, 0.6) is 11.5 Å². The van der Waals surface area contributed by atoms with Gasteiger partial charge in [0.05, 0.1) is 7.11 Å². The van der Waals surface area contributed by atoms with Crippen LogP contribution in [0.1, 0.15) is 22.3 Å². The molecule has 106 valence electrons. The molecule has 0 aliphatic heterocycles. The van der Waals surface area contributed by atoms with E-state index < -0.39 is 0 Å². The number of methoxy groups -OCH3 is 1. The van der Waals surface area contributed by atoms with E-state index in [0.29, 0.717) is 6.61 Å². The Morgan fingerprint density at radius 2 is 1.70 bits per heavy atom. The fourth-order valence-electron chi connectivity index (χ4n) is 2.09. The van der Waals surface area contributed by atoms with Gasteiger partial charge in [0.2, 0.25) is 0 Å². The van der Waals surface area contributed by atoms with Gasteiger partial charge in [-0.1, -0.05) is 28.1 Å². The lowest BCUT2D eigenvalue weighted by Gasteiger charge is -2.15. The molecule has 0 radical (unpaired) electrons. The second-order valence-electron chi connectivity index (χ2n) is 4.90. The summed E-state index contributed by atoms with van der Waals surface area (Å²) in [5, 5.41) is 0. The van der Waals surface area contributed by atoms with E-state index in [0.717, 1.165) is 27.1 Å². The van der Waals surface area contributed by atoms with Gasteiger partial charge >= 0.3 is 0 Å². The minimum absolute atomic E-state index is 0.517. The molecular formula is C17H19BrO2. The third-order valence-corrected chi connectivity index (χ3v) is 4.27. The minimum atomic E-state index is 0.517. The first kappa shape index (κ1) is 14.9. The van der Waals surface area contributed by atoms with E-state index >= 15 is 0 Å². The molecule has 0 aromatic heterocycles. The first-order valence-electron chi connectivity index (χ1n) is 6.55. The molecule has 0 saturated heterocycles. The van der Waals surface area contributed by atoms with Crippen molar-refractivity contribution in [2.24, 2.45) is 0 Å². The highest BCUT2D eigenvalue weighted by molar-refractivity contribution is 9.10. The molecule has 0 heterocycles. The first-order chi connectivity index (χ1) is 9.52. The van der Waals surface area contributed by atoms with Gasteiger partial charge < -0.3 is 9.47 Å². The predicted octanol–water partition coefficient (Wildman–Crippen LogP) is 4.96. The highest BCUT2D eigenvalue weighted by atomic mass is 79.9. The summed E-state index contributed by atoms with van der Waals surface area (Å²) in [7, 11) is 1.67. The molecule has 0 aliphatic rings. The van der Waals surface area contributed by atoms with E-state index in [2.05, 4.69) is 48.8 Å². The number of halogens is 1. The Labute approximate surface area is 128 Å². The second-order valence-corrected chi connectivity index (χ2v) is 5.75. The Hall–Kier alpha value is -1.48. The summed E-state index contributed by atoms with van der Waals surface area (Å²) in [5.74, 6) is 1.81. The molecular weight excluding hydrogens is 316 g/mol. The van der Waals surface area contributed by atoms with Crippen LogP contribution in [-0.4, -0.2) is 7.11 Å². The molecule has 3 heteroatoms. The Bertz CT molecular complexity index is 621. The van der Waals surface area contributed by atoms with E-state index in [4.69, 9.17) is 9.47 Å². The summed E-state index contributed by atoms with van der Waals surface area (Å²) >= 11 is 3.55. The molecule has 0 aliphatic carbocycles. The van der Waals surface area contributed by atoms with Crippen LogP contribution in [0.2, 0.25) is 0 Å². The molecule has 0 N–H and O–H groups in total. The summed E-state index contributed by atoms with van der Waals surface area (Å²) < 4.78 is 12.3. The number of hydrogen-bond acceptors (Lipinski definition) is 2. The van der Waals surface area contributed by atoms with Crippen LogP contribution in [0.25, 0.3) is 0 Å². The summed E-state index contributed by atoms with van der Waals surface area (Å²) in [5.41, 5.74) is 4.68. The van der Waals surface area contributed by atoms with Gasteiger partial charge in [0.1, 0.15) is 18.1 Å². The maximum absolute atomic E-state index is 6.03. The molecule has 0 fully saturated rings. The van der Waals surface area contributed by atoms with E-state index in [-0.39, 0.29) is 0 Å². The van der Waals surface area contributed by atoms with Crippen LogP contribution >= 0.6 is 15.9 Å². The topological polar surface area (TPSA) is 18.5 Å². The maximum atomic E-state index is 6.03.